The van der Waals surface area contributed by atoms with E-state index in [0.717, 1.165) is 5.92 Å². The zero-order valence-corrected chi connectivity index (χ0v) is 6.07. The van der Waals surface area contributed by atoms with Crippen LogP contribution in [0.3, 0.4) is 0 Å². The van der Waals surface area contributed by atoms with E-state index >= 15 is 0 Å². The van der Waals surface area contributed by atoms with Crippen molar-refractivity contribution in [1.82, 2.24) is 0 Å². The molecule has 0 atom stereocenters. The second kappa shape index (κ2) is 1.75. The summed E-state index contributed by atoms with van der Waals surface area (Å²) in [6.07, 6.45) is 5.35. The summed E-state index contributed by atoms with van der Waals surface area (Å²) in [6, 6.07) is 0. The van der Waals surface area contributed by atoms with Gasteiger partial charge in [-0.15, -0.1) is 0 Å². The SMILES string of the molecule is CC(C)(C)[CH]C1CC1. The Morgan fingerprint density at radius 1 is 1.25 bits per heavy atom. The lowest BCUT2D eigenvalue weighted by Gasteiger charge is -2.15. The maximum absolute atomic E-state index is 2.47. The van der Waals surface area contributed by atoms with Crippen molar-refractivity contribution < 1.29 is 0 Å². The molecule has 0 amide bonds. The van der Waals surface area contributed by atoms with Gasteiger partial charge in [-0.25, -0.2) is 0 Å². The molecule has 0 spiro atoms. The number of hydrogen-bond donors (Lipinski definition) is 0. The minimum atomic E-state index is 0.459. The molecule has 0 heterocycles. The van der Waals surface area contributed by atoms with E-state index in [4.69, 9.17) is 0 Å². The molecule has 0 nitrogen and oxygen atoms in total. The normalized spacial score (nSPS) is 21.4. The third-order valence-corrected chi connectivity index (χ3v) is 1.36. The molecule has 1 fully saturated rings. The van der Waals surface area contributed by atoms with Crippen molar-refractivity contribution in [2.75, 3.05) is 0 Å². The highest BCUT2D eigenvalue weighted by Crippen LogP contribution is 2.38. The first-order chi connectivity index (χ1) is 3.58. The highest BCUT2D eigenvalue weighted by molar-refractivity contribution is 4.94. The summed E-state index contributed by atoms with van der Waals surface area (Å²) in [7, 11) is 0. The van der Waals surface area contributed by atoms with Gasteiger partial charge in [0.25, 0.3) is 0 Å². The van der Waals surface area contributed by atoms with Crippen molar-refractivity contribution in [3.8, 4) is 0 Å². The van der Waals surface area contributed by atoms with E-state index in [-0.39, 0.29) is 0 Å². The van der Waals surface area contributed by atoms with Crippen LogP contribution in [0.25, 0.3) is 0 Å². The Kier molecular flexibility index (Phi) is 1.34. The Hall–Kier alpha value is 0. The van der Waals surface area contributed by atoms with Crippen LogP contribution < -0.4 is 0 Å². The summed E-state index contributed by atoms with van der Waals surface area (Å²) >= 11 is 0. The Labute approximate surface area is 52.3 Å². The second-order valence-electron chi connectivity index (χ2n) is 3.87. The van der Waals surface area contributed by atoms with E-state index in [9.17, 15) is 0 Å². The standard InChI is InChI=1S/C8H15/c1-8(2,3)6-7-4-5-7/h6-7H,4-5H2,1-3H3. The Balaban J connectivity index is 2.16. The van der Waals surface area contributed by atoms with Gasteiger partial charge >= 0.3 is 0 Å². The molecule has 0 aliphatic heterocycles. The molecule has 0 heteroatoms. The van der Waals surface area contributed by atoms with E-state index in [1.54, 1.807) is 0 Å². The molecule has 0 aromatic heterocycles. The van der Waals surface area contributed by atoms with Gasteiger partial charge in [-0.05, 0) is 30.6 Å². The Bertz CT molecular complexity index is 72.5. The lowest BCUT2D eigenvalue weighted by Crippen LogP contribution is -2.06. The molecular weight excluding hydrogens is 96.1 g/mol. The lowest BCUT2D eigenvalue weighted by molar-refractivity contribution is 0.466. The van der Waals surface area contributed by atoms with Crippen LogP contribution >= 0.6 is 0 Å². The van der Waals surface area contributed by atoms with Gasteiger partial charge in [0, 0.05) is 0 Å². The summed E-state index contributed by atoms with van der Waals surface area (Å²) in [5, 5.41) is 0. The van der Waals surface area contributed by atoms with Crippen molar-refractivity contribution in [2.45, 2.75) is 33.6 Å². The molecule has 1 rings (SSSR count). The summed E-state index contributed by atoms with van der Waals surface area (Å²) in [6.45, 7) is 6.81. The second-order valence-corrected chi connectivity index (χ2v) is 3.87. The average molecular weight is 111 g/mol. The predicted molar refractivity (Wildman–Crippen MR) is 36.5 cm³/mol. The van der Waals surface area contributed by atoms with Crippen LogP contribution in [-0.4, -0.2) is 0 Å². The maximum atomic E-state index is 2.47. The molecule has 1 radical (unpaired) electrons. The molecule has 47 valence electrons. The zero-order valence-electron chi connectivity index (χ0n) is 6.07. The third kappa shape index (κ3) is 2.34. The summed E-state index contributed by atoms with van der Waals surface area (Å²) in [5.74, 6) is 0.968. The average Bonchev–Trinajstić information content (AvgIpc) is 2.12. The quantitative estimate of drug-likeness (QED) is 0.488. The van der Waals surface area contributed by atoms with Gasteiger partial charge in [-0.3, -0.25) is 0 Å². The summed E-state index contributed by atoms with van der Waals surface area (Å²) < 4.78 is 0. The van der Waals surface area contributed by atoms with Crippen LogP contribution in [0.1, 0.15) is 33.6 Å². The van der Waals surface area contributed by atoms with E-state index in [0.29, 0.717) is 5.41 Å². The first-order valence-electron chi connectivity index (χ1n) is 3.44. The van der Waals surface area contributed by atoms with Crippen LogP contribution in [0, 0.1) is 17.8 Å². The topological polar surface area (TPSA) is 0 Å². The molecule has 1 saturated carbocycles. The molecule has 0 aromatic carbocycles. The molecule has 0 bridgehead atoms. The van der Waals surface area contributed by atoms with Crippen molar-refractivity contribution in [3.05, 3.63) is 6.42 Å². The van der Waals surface area contributed by atoms with Crippen LogP contribution in [0.15, 0.2) is 0 Å². The van der Waals surface area contributed by atoms with Gasteiger partial charge < -0.3 is 0 Å². The Morgan fingerprint density at radius 3 is 1.88 bits per heavy atom. The molecule has 1 aliphatic carbocycles. The van der Waals surface area contributed by atoms with Crippen molar-refractivity contribution in [3.63, 3.8) is 0 Å². The predicted octanol–water partition coefficient (Wildman–Crippen LogP) is 2.65. The molecule has 0 aromatic rings. The highest BCUT2D eigenvalue weighted by atomic mass is 14.3. The minimum Gasteiger partial charge on any atom is -0.0599 e. The third-order valence-electron chi connectivity index (χ3n) is 1.36. The molecule has 8 heavy (non-hydrogen) atoms. The fourth-order valence-electron chi connectivity index (χ4n) is 0.970. The van der Waals surface area contributed by atoms with Gasteiger partial charge in [0.05, 0.1) is 0 Å². The molecule has 0 N–H and O–H groups in total. The van der Waals surface area contributed by atoms with Gasteiger partial charge in [0.15, 0.2) is 0 Å². The van der Waals surface area contributed by atoms with E-state index in [1.165, 1.54) is 12.8 Å². The van der Waals surface area contributed by atoms with Gasteiger partial charge in [0.2, 0.25) is 0 Å². The lowest BCUT2D eigenvalue weighted by atomic mass is 9.90. The smallest absolute Gasteiger partial charge is 0.0301 e. The fraction of sp³-hybridized carbons (Fsp3) is 0.875. The largest absolute Gasteiger partial charge is 0.0599 e. The Morgan fingerprint density at radius 2 is 1.75 bits per heavy atom. The molecule has 0 saturated heterocycles. The van der Waals surface area contributed by atoms with E-state index in [1.807, 2.05) is 0 Å². The van der Waals surface area contributed by atoms with Gasteiger partial charge in [-0.1, -0.05) is 20.8 Å². The van der Waals surface area contributed by atoms with Crippen molar-refractivity contribution in [2.24, 2.45) is 11.3 Å². The zero-order chi connectivity index (χ0) is 6.20. The molecular formula is C8H15. The van der Waals surface area contributed by atoms with Crippen LogP contribution in [0.2, 0.25) is 0 Å². The van der Waals surface area contributed by atoms with Crippen LogP contribution in [0.4, 0.5) is 0 Å². The monoisotopic (exact) mass is 111 g/mol. The fourth-order valence-corrected chi connectivity index (χ4v) is 0.970. The summed E-state index contributed by atoms with van der Waals surface area (Å²) in [4.78, 5) is 0. The molecule has 1 aliphatic rings. The van der Waals surface area contributed by atoms with E-state index in [2.05, 4.69) is 27.2 Å². The summed E-state index contributed by atoms with van der Waals surface area (Å²) in [5.41, 5.74) is 0.459. The van der Waals surface area contributed by atoms with Gasteiger partial charge in [-0.2, -0.15) is 0 Å². The first-order valence-corrected chi connectivity index (χ1v) is 3.44. The number of hydrogen-bond acceptors (Lipinski definition) is 0. The highest BCUT2D eigenvalue weighted by Gasteiger charge is 2.26. The van der Waals surface area contributed by atoms with Crippen LogP contribution in [0.5, 0.6) is 0 Å². The van der Waals surface area contributed by atoms with E-state index < -0.39 is 0 Å². The maximum Gasteiger partial charge on any atom is -0.0301 e. The first kappa shape index (κ1) is 6.12. The molecule has 0 unspecified atom stereocenters. The van der Waals surface area contributed by atoms with Crippen molar-refractivity contribution >= 4 is 0 Å². The number of rotatable bonds is 1. The van der Waals surface area contributed by atoms with Gasteiger partial charge in [0.1, 0.15) is 0 Å². The van der Waals surface area contributed by atoms with Crippen molar-refractivity contribution in [1.29, 1.82) is 0 Å². The minimum absolute atomic E-state index is 0.459. The van der Waals surface area contributed by atoms with Crippen LogP contribution in [-0.2, 0) is 0 Å².